The van der Waals surface area contributed by atoms with E-state index in [2.05, 4.69) is 37.0 Å². The lowest BCUT2D eigenvalue weighted by Crippen LogP contribution is -2.09. The van der Waals surface area contributed by atoms with Gasteiger partial charge in [0, 0.05) is 22.5 Å². The highest BCUT2D eigenvalue weighted by Crippen LogP contribution is 2.29. The molecule has 3 nitrogen and oxygen atoms in total. The van der Waals surface area contributed by atoms with Crippen molar-refractivity contribution in [3.63, 3.8) is 0 Å². The van der Waals surface area contributed by atoms with Crippen LogP contribution in [0.4, 0.5) is 0 Å². The van der Waals surface area contributed by atoms with Gasteiger partial charge in [-0.25, -0.2) is 0 Å². The van der Waals surface area contributed by atoms with Crippen molar-refractivity contribution in [2.45, 2.75) is 32.9 Å². The van der Waals surface area contributed by atoms with Crippen LogP contribution in [0.2, 0.25) is 5.02 Å². The molecule has 2 rings (SSSR count). The summed E-state index contributed by atoms with van der Waals surface area (Å²) in [4.78, 5) is 0. The molecule has 0 spiro atoms. The minimum atomic E-state index is -0.623. The van der Waals surface area contributed by atoms with Gasteiger partial charge in [-0.05, 0) is 53.5 Å². The molecule has 0 aliphatic carbocycles. The fourth-order valence-electron chi connectivity index (χ4n) is 2.13. The van der Waals surface area contributed by atoms with Crippen molar-refractivity contribution < 1.29 is 5.11 Å². The van der Waals surface area contributed by atoms with E-state index in [0.29, 0.717) is 11.4 Å². The molecule has 20 heavy (non-hydrogen) atoms. The molecule has 1 unspecified atom stereocenters. The van der Waals surface area contributed by atoms with E-state index in [-0.39, 0.29) is 0 Å². The van der Waals surface area contributed by atoms with E-state index in [1.54, 1.807) is 12.1 Å². The summed E-state index contributed by atoms with van der Waals surface area (Å²) in [5, 5.41) is 15.5. The molecule has 0 amide bonds. The molecule has 1 aromatic heterocycles. The monoisotopic (exact) mass is 420 g/mol. The number of hydrogen-bond acceptors (Lipinski definition) is 2. The third kappa shape index (κ3) is 3.45. The summed E-state index contributed by atoms with van der Waals surface area (Å²) >= 11 is 13.0. The number of benzene rings is 1. The summed E-state index contributed by atoms with van der Waals surface area (Å²) in [6, 6.07) is 5.46. The van der Waals surface area contributed by atoms with Crippen LogP contribution in [0.3, 0.4) is 0 Å². The molecule has 0 bridgehead atoms. The van der Waals surface area contributed by atoms with E-state index in [4.69, 9.17) is 11.6 Å². The van der Waals surface area contributed by atoms with Crippen molar-refractivity contribution in [1.29, 1.82) is 0 Å². The Hall–Kier alpha value is -0.360. The molecule has 2 aromatic rings. The Morgan fingerprint density at radius 1 is 1.35 bits per heavy atom. The SMILES string of the molecule is CCn1nc(C)c(Br)c1CC(O)c1cc(Cl)cc(Br)c1. The Bertz CT molecular complexity index is 608. The number of aliphatic hydroxyl groups is 1. The quantitative estimate of drug-likeness (QED) is 0.778. The largest absolute Gasteiger partial charge is 0.388 e. The second kappa shape index (κ2) is 6.60. The van der Waals surface area contributed by atoms with E-state index < -0.39 is 6.10 Å². The standard InChI is InChI=1S/C14H15Br2ClN2O/c1-3-19-12(14(16)8(2)18-19)7-13(20)9-4-10(15)6-11(17)5-9/h4-6,13,20H,3,7H2,1-2H3. The van der Waals surface area contributed by atoms with Gasteiger partial charge in [-0.3, -0.25) is 4.68 Å². The molecule has 6 heteroatoms. The van der Waals surface area contributed by atoms with Gasteiger partial charge in [0.1, 0.15) is 0 Å². The van der Waals surface area contributed by atoms with E-state index >= 15 is 0 Å². The minimum Gasteiger partial charge on any atom is -0.388 e. The first-order valence-electron chi connectivity index (χ1n) is 6.28. The van der Waals surface area contributed by atoms with Crippen molar-refractivity contribution >= 4 is 43.5 Å². The summed E-state index contributed by atoms with van der Waals surface area (Å²) in [5.74, 6) is 0. The summed E-state index contributed by atoms with van der Waals surface area (Å²) in [5.41, 5.74) is 2.72. The van der Waals surface area contributed by atoms with Gasteiger partial charge in [-0.1, -0.05) is 27.5 Å². The first kappa shape index (κ1) is 16.0. The topological polar surface area (TPSA) is 38.0 Å². The third-order valence-corrected chi connectivity index (χ3v) is 4.82. The van der Waals surface area contributed by atoms with E-state index in [9.17, 15) is 5.11 Å². The van der Waals surface area contributed by atoms with Crippen molar-refractivity contribution in [3.8, 4) is 0 Å². The molecule has 0 aliphatic rings. The predicted octanol–water partition coefficient (Wildman–Crippen LogP) is 4.67. The highest BCUT2D eigenvalue weighted by molar-refractivity contribution is 9.10. The van der Waals surface area contributed by atoms with Crippen molar-refractivity contribution in [2.24, 2.45) is 0 Å². The summed E-state index contributed by atoms with van der Waals surface area (Å²) in [6.45, 7) is 4.75. The summed E-state index contributed by atoms with van der Waals surface area (Å²) < 4.78 is 3.72. The Labute approximate surface area is 140 Å². The van der Waals surface area contributed by atoms with Crippen LogP contribution in [0.25, 0.3) is 0 Å². The molecule has 0 aliphatic heterocycles. The van der Waals surface area contributed by atoms with Crippen LogP contribution in [-0.2, 0) is 13.0 Å². The maximum absolute atomic E-state index is 10.4. The molecule has 1 atom stereocenters. The lowest BCUT2D eigenvalue weighted by Gasteiger charge is -2.13. The average molecular weight is 423 g/mol. The molecule has 1 heterocycles. The van der Waals surface area contributed by atoms with Crippen molar-refractivity contribution in [3.05, 3.63) is 49.1 Å². The summed E-state index contributed by atoms with van der Waals surface area (Å²) in [7, 11) is 0. The predicted molar refractivity (Wildman–Crippen MR) is 88.2 cm³/mol. The zero-order valence-electron chi connectivity index (χ0n) is 11.2. The molecule has 0 radical (unpaired) electrons. The number of hydrogen-bond donors (Lipinski definition) is 1. The lowest BCUT2D eigenvalue weighted by molar-refractivity contribution is 0.175. The minimum absolute atomic E-state index is 0.488. The Balaban J connectivity index is 2.29. The highest BCUT2D eigenvalue weighted by Gasteiger charge is 2.18. The number of rotatable bonds is 4. The van der Waals surface area contributed by atoms with Crippen molar-refractivity contribution in [2.75, 3.05) is 0 Å². The van der Waals surface area contributed by atoms with Gasteiger partial charge in [0.25, 0.3) is 0 Å². The second-order valence-electron chi connectivity index (χ2n) is 4.58. The van der Waals surface area contributed by atoms with Crippen LogP contribution in [0.5, 0.6) is 0 Å². The Morgan fingerprint density at radius 3 is 2.65 bits per heavy atom. The molecule has 0 fully saturated rings. The van der Waals surface area contributed by atoms with Gasteiger partial charge in [-0.15, -0.1) is 0 Å². The van der Waals surface area contributed by atoms with E-state index in [1.807, 2.05) is 24.6 Å². The summed E-state index contributed by atoms with van der Waals surface area (Å²) in [6.07, 6.45) is -0.134. The zero-order chi connectivity index (χ0) is 14.9. The molecule has 0 saturated carbocycles. The number of aromatic nitrogens is 2. The van der Waals surface area contributed by atoms with Crippen LogP contribution < -0.4 is 0 Å². The number of nitrogens with zero attached hydrogens (tertiary/aromatic N) is 2. The van der Waals surface area contributed by atoms with Crippen LogP contribution >= 0.6 is 43.5 Å². The zero-order valence-corrected chi connectivity index (χ0v) is 15.1. The molecule has 1 N–H and O–H groups in total. The molecule has 0 saturated heterocycles. The smallest absolute Gasteiger partial charge is 0.0846 e. The fraction of sp³-hybridized carbons (Fsp3) is 0.357. The second-order valence-corrected chi connectivity index (χ2v) is 6.73. The third-order valence-electron chi connectivity index (χ3n) is 3.11. The van der Waals surface area contributed by atoms with Crippen LogP contribution in [0, 0.1) is 6.92 Å². The maximum Gasteiger partial charge on any atom is 0.0846 e. The normalized spacial score (nSPS) is 12.7. The molecule has 1 aromatic carbocycles. The van der Waals surface area contributed by atoms with Gasteiger partial charge in [-0.2, -0.15) is 5.10 Å². The Kier molecular flexibility index (Phi) is 5.29. The Morgan fingerprint density at radius 2 is 2.05 bits per heavy atom. The van der Waals surface area contributed by atoms with Gasteiger partial charge in [0.05, 0.1) is 22.0 Å². The van der Waals surface area contributed by atoms with Crippen LogP contribution in [-0.4, -0.2) is 14.9 Å². The molecular formula is C14H15Br2ClN2O. The van der Waals surface area contributed by atoms with Crippen LogP contribution in [0.1, 0.15) is 30.0 Å². The van der Waals surface area contributed by atoms with Gasteiger partial charge < -0.3 is 5.11 Å². The maximum atomic E-state index is 10.4. The number of aryl methyl sites for hydroxylation is 2. The first-order chi connectivity index (χ1) is 9.42. The molecule has 108 valence electrons. The average Bonchev–Trinajstić information content (AvgIpc) is 2.65. The number of halogens is 3. The van der Waals surface area contributed by atoms with Gasteiger partial charge in [0.15, 0.2) is 0 Å². The highest BCUT2D eigenvalue weighted by atomic mass is 79.9. The van der Waals surface area contributed by atoms with Gasteiger partial charge >= 0.3 is 0 Å². The van der Waals surface area contributed by atoms with E-state index in [1.165, 1.54) is 0 Å². The molecular weight excluding hydrogens is 407 g/mol. The van der Waals surface area contributed by atoms with Crippen molar-refractivity contribution in [1.82, 2.24) is 9.78 Å². The van der Waals surface area contributed by atoms with E-state index in [0.717, 1.165) is 32.4 Å². The lowest BCUT2D eigenvalue weighted by atomic mass is 10.0. The number of aliphatic hydroxyl groups excluding tert-OH is 1. The van der Waals surface area contributed by atoms with Gasteiger partial charge in [0.2, 0.25) is 0 Å². The first-order valence-corrected chi connectivity index (χ1v) is 8.24. The fourth-order valence-corrected chi connectivity index (χ4v) is 3.46. The van der Waals surface area contributed by atoms with Crippen LogP contribution in [0.15, 0.2) is 27.1 Å².